The first-order valence-corrected chi connectivity index (χ1v) is 21.0. The van der Waals surface area contributed by atoms with Gasteiger partial charge in [-0.1, -0.05) is 64.5 Å². The number of benzene rings is 3. The Bertz CT molecular complexity index is 2360. The molecule has 53 heavy (non-hydrogen) atoms. The van der Waals surface area contributed by atoms with Crippen molar-refractivity contribution in [2.75, 3.05) is 16.3 Å². The van der Waals surface area contributed by atoms with Gasteiger partial charge in [0.05, 0.1) is 26.4 Å². The highest BCUT2D eigenvalue weighted by Crippen LogP contribution is 2.52. The number of unbranched alkanes of at least 4 members (excludes halogenated alkanes) is 2. The molecule has 0 aliphatic carbocycles. The van der Waals surface area contributed by atoms with Crippen LogP contribution in [0.2, 0.25) is 0 Å². The molecule has 0 fully saturated rings. The Morgan fingerprint density at radius 3 is 1.91 bits per heavy atom. The van der Waals surface area contributed by atoms with Crippen LogP contribution in [0.5, 0.6) is 0 Å². The lowest BCUT2D eigenvalue weighted by Crippen LogP contribution is -2.40. The second kappa shape index (κ2) is 14.5. The molecule has 0 amide bonds. The first kappa shape index (κ1) is 39.9. The first-order chi connectivity index (χ1) is 24.5. The van der Waals surface area contributed by atoms with Crippen LogP contribution >= 0.6 is 0 Å². The topological polar surface area (TPSA) is 207 Å². The Morgan fingerprint density at radius 1 is 0.717 bits per heavy atom. The van der Waals surface area contributed by atoms with Gasteiger partial charge in [0.1, 0.15) is 0 Å². The molecule has 3 aromatic carbocycles. The maximum Gasteiger partial charge on any atom is 0.303 e. The van der Waals surface area contributed by atoms with Crippen molar-refractivity contribution in [3.63, 3.8) is 0 Å². The minimum atomic E-state index is -4.54. The van der Waals surface area contributed by atoms with Crippen LogP contribution < -0.4 is 9.80 Å². The average Bonchev–Trinajstić information content (AvgIpc) is 3.41. The number of hydrogen-bond acceptors (Lipinski definition) is 9. The number of carbonyl (C=O) groups is 1. The van der Waals surface area contributed by atoms with Crippen LogP contribution in [-0.4, -0.2) is 62.6 Å². The van der Waals surface area contributed by atoms with E-state index in [9.17, 15) is 43.7 Å². The van der Waals surface area contributed by atoms with Gasteiger partial charge in [0.25, 0.3) is 30.4 Å². The Labute approximate surface area is 310 Å². The molecule has 1 atom stereocenters. The van der Waals surface area contributed by atoms with Crippen LogP contribution in [-0.2, 0) is 46.0 Å². The number of rotatable bonds is 13. The van der Waals surface area contributed by atoms with E-state index in [1.807, 2.05) is 39.8 Å². The van der Waals surface area contributed by atoms with Crippen molar-refractivity contribution in [3.8, 4) is 0 Å². The van der Waals surface area contributed by atoms with Crippen molar-refractivity contribution in [1.29, 1.82) is 0 Å². The molecule has 284 valence electrons. The van der Waals surface area contributed by atoms with Gasteiger partial charge >= 0.3 is 5.97 Å². The summed E-state index contributed by atoms with van der Waals surface area (Å²) in [7, 11) is -13.5. The highest BCUT2D eigenvalue weighted by molar-refractivity contribution is 7.86. The largest absolute Gasteiger partial charge is 0.481 e. The normalized spacial score (nSPS) is 19.0. The molecular formula is C37H42N2O11S3. The van der Waals surface area contributed by atoms with Gasteiger partial charge in [-0.3, -0.25) is 18.5 Å². The summed E-state index contributed by atoms with van der Waals surface area (Å²) in [6.45, 7) is 8.23. The summed E-state index contributed by atoms with van der Waals surface area (Å²) in [6.07, 6.45) is 11.1. The zero-order chi connectivity index (χ0) is 39.1. The van der Waals surface area contributed by atoms with Crippen LogP contribution in [0.3, 0.4) is 0 Å². The summed E-state index contributed by atoms with van der Waals surface area (Å²) in [4.78, 5) is 14.1. The standard InChI is InChI=1S/C37H42N2O11S3/c1-36(2)29-23-27(52(45,46)47)17-19-31(29)38(21-10-6-9-16-35(40)41)33(36)14-7-5-8-15-34-37(3,4)30-24-28(53(48,49)50)18-20-32(30)39(34)25-12-11-13-26(22-25)51(42,43)44/h5,7-8,11-15,17-20,22-24,33H,6,9-10,16,21H2,1-4H3,(H,40,41)(H,42,43,44)(H,45,46,47)(H,48,49,50)/b8-5+,14-7+,34-15+. The molecular weight excluding hydrogens is 745 g/mol. The number of fused-ring (bicyclic) bond motifs is 2. The molecule has 3 aromatic rings. The summed E-state index contributed by atoms with van der Waals surface area (Å²) in [5.74, 6) is -0.861. The predicted molar refractivity (Wildman–Crippen MR) is 201 cm³/mol. The molecule has 0 saturated heterocycles. The van der Waals surface area contributed by atoms with Crippen molar-refractivity contribution < 1.29 is 48.8 Å². The quantitative estimate of drug-likeness (QED) is 0.0813. The van der Waals surface area contributed by atoms with Crippen molar-refractivity contribution in [2.24, 2.45) is 0 Å². The van der Waals surface area contributed by atoms with Gasteiger partial charge in [-0.05, 0) is 84.6 Å². The lowest BCUT2D eigenvalue weighted by molar-refractivity contribution is -0.137. The third-order valence-electron chi connectivity index (χ3n) is 9.84. The molecule has 2 aliphatic heterocycles. The zero-order valence-electron chi connectivity index (χ0n) is 29.5. The van der Waals surface area contributed by atoms with Gasteiger partial charge in [0.2, 0.25) is 0 Å². The van der Waals surface area contributed by atoms with E-state index in [0.29, 0.717) is 48.4 Å². The van der Waals surface area contributed by atoms with E-state index in [2.05, 4.69) is 4.90 Å². The van der Waals surface area contributed by atoms with Crippen LogP contribution in [0, 0.1) is 0 Å². The van der Waals surface area contributed by atoms with Crippen LogP contribution in [0.15, 0.2) is 111 Å². The summed E-state index contributed by atoms with van der Waals surface area (Å²) >= 11 is 0. The monoisotopic (exact) mass is 786 g/mol. The summed E-state index contributed by atoms with van der Waals surface area (Å²) in [5.41, 5.74) is 2.19. The fraction of sp³-hybridized carbons (Fsp3) is 0.324. The van der Waals surface area contributed by atoms with Crippen molar-refractivity contribution >= 4 is 53.4 Å². The lowest BCUT2D eigenvalue weighted by Gasteiger charge is -2.32. The van der Waals surface area contributed by atoms with Crippen molar-refractivity contribution in [1.82, 2.24) is 0 Å². The lowest BCUT2D eigenvalue weighted by atomic mass is 9.80. The number of aliphatic carboxylic acids is 1. The van der Waals surface area contributed by atoms with Gasteiger partial charge in [0, 0.05) is 40.9 Å². The summed E-state index contributed by atoms with van der Waals surface area (Å²) in [5, 5.41) is 9.03. The van der Waals surface area contributed by atoms with E-state index in [4.69, 9.17) is 5.11 Å². The van der Waals surface area contributed by atoms with Crippen LogP contribution in [0.25, 0.3) is 0 Å². The van der Waals surface area contributed by atoms with Crippen LogP contribution in [0.1, 0.15) is 64.5 Å². The highest BCUT2D eigenvalue weighted by Gasteiger charge is 2.44. The van der Waals surface area contributed by atoms with E-state index in [1.54, 1.807) is 35.3 Å². The molecule has 0 bridgehead atoms. The van der Waals surface area contributed by atoms with Gasteiger partial charge in [-0.2, -0.15) is 25.3 Å². The molecule has 13 nitrogen and oxygen atoms in total. The number of hydrogen-bond donors (Lipinski definition) is 4. The molecule has 16 heteroatoms. The minimum Gasteiger partial charge on any atom is -0.481 e. The van der Waals surface area contributed by atoms with Gasteiger partial charge in [0.15, 0.2) is 0 Å². The summed E-state index contributed by atoms with van der Waals surface area (Å²) < 4.78 is 101. The maximum atomic E-state index is 12.0. The number of allylic oxidation sites excluding steroid dienone is 5. The highest BCUT2D eigenvalue weighted by atomic mass is 32.2. The van der Waals surface area contributed by atoms with E-state index in [0.717, 1.165) is 11.3 Å². The molecule has 2 heterocycles. The van der Waals surface area contributed by atoms with E-state index in [-0.39, 0.29) is 27.1 Å². The number of carboxylic acid groups (broad SMARTS) is 1. The van der Waals surface area contributed by atoms with Crippen molar-refractivity contribution in [3.05, 3.63) is 108 Å². The van der Waals surface area contributed by atoms with E-state index >= 15 is 0 Å². The molecule has 2 aliphatic rings. The molecule has 4 N–H and O–H groups in total. The molecule has 5 rings (SSSR count). The Balaban J connectivity index is 1.51. The Morgan fingerprint density at radius 2 is 1.30 bits per heavy atom. The molecule has 1 unspecified atom stereocenters. The SMILES string of the molecule is CC1(C)\C(=C/C=C/C=C/C2N(CCCCCC(=O)O)c3ccc(S(=O)(=O)O)cc3C2(C)C)N(c2cccc(S(=O)(=O)O)c2)c2ccc(S(=O)(=O)O)cc21. The van der Waals surface area contributed by atoms with Gasteiger partial charge in [-0.15, -0.1) is 0 Å². The Kier molecular flexibility index (Phi) is 10.9. The number of nitrogens with zero attached hydrogens (tertiary/aromatic N) is 2. The number of anilines is 3. The zero-order valence-corrected chi connectivity index (χ0v) is 32.0. The second-order valence-corrected chi connectivity index (χ2v) is 18.4. The number of carboxylic acids is 1. The van der Waals surface area contributed by atoms with Crippen molar-refractivity contribution in [2.45, 2.75) is 84.9 Å². The molecule has 0 spiro atoms. The predicted octanol–water partition coefficient (Wildman–Crippen LogP) is 6.66. The fourth-order valence-corrected chi connectivity index (χ4v) is 8.66. The smallest absolute Gasteiger partial charge is 0.303 e. The third-order valence-corrected chi connectivity index (χ3v) is 12.4. The maximum absolute atomic E-state index is 12.0. The van der Waals surface area contributed by atoms with Gasteiger partial charge in [-0.25, -0.2) is 0 Å². The average molecular weight is 787 g/mol. The van der Waals surface area contributed by atoms with E-state index in [1.165, 1.54) is 48.5 Å². The first-order valence-electron chi connectivity index (χ1n) is 16.7. The molecule has 0 aromatic heterocycles. The van der Waals surface area contributed by atoms with Crippen LogP contribution in [0.4, 0.5) is 17.1 Å². The Hall–Kier alpha value is -4.32. The minimum absolute atomic E-state index is 0.0659. The van der Waals surface area contributed by atoms with E-state index < -0.39 is 47.2 Å². The van der Waals surface area contributed by atoms with Gasteiger partial charge < -0.3 is 14.9 Å². The fourth-order valence-electron chi connectivity index (χ4n) is 7.12. The third kappa shape index (κ3) is 8.27. The molecule has 0 radical (unpaired) electrons. The molecule has 0 saturated carbocycles. The summed E-state index contributed by atoms with van der Waals surface area (Å²) in [6, 6.07) is 14.1. The second-order valence-electron chi connectivity index (χ2n) is 14.1.